The normalized spacial score (nSPS) is 18.2. The second kappa shape index (κ2) is 6.28. The van der Waals surface area contributed by atoms with E-state index in [1.165, 1.54) is 37.8 Å². The van der Waals surface area contributed by atoms with E-state index in [0.717, 1.165) is 18.5 Å². The van der Waals surface area contributed by atoms with Crippen molar-refractivity contribution in [1.82, 2.24) is 5.32 Å². The van der Waals surface area contributed by atoms with Crippen LogP contribution in [0.3, 0.4) is 0 Å². The van der Waals surface area contributed by atoms with Gasteiger partial charge >= 0.3 is 0 Å². The summed E-state index contributed by atoms with van der Waals surface area (Å²) < 4.78 is 26.1. The molecular formula is C15H21F2N. The molecule has 0 heterocycles. The standard InChI is InChI=1S/C15H21F2N/c1-2-18-15(12-5-3-4-6-12)10-11-7-8-13(16)14(17)9-11/h7-9,12,15,18H,2-6,10H2,1H3. The molecule has 1 aromatic rings. The second-order valence-electron chi connectivity index (χ2n) is 5.16. The van der Waals surface area contributed by atoms with Crippen LogP contribution in [0.4, 0.5) is 8.78 Å². The Morgan fingerprint density at radius 2 is 1.94 bits per heavy atom. The van der Waals surface area contributed by atoms with Crippen LogP contribution in [0.1, 0.15) is 38.2 Å². The monoisotopic (exact) mass is 253 g/mol. The summed E-state index contributed by atoms with van der Waals surface area (Å²) in [6.07, 6.45) is 5.88. The van der Waals surface area contributed by atoms with Crippen molar-refractivity contribution in [3.8, 4) is 0 Å². The van der Waals surface area contributed by atoms with Crippen molar-refractivity contribution >= 4 is 0 Å². The second-order valence-corrected chi connectivity index (χ2v) is 5.16. The minimum absolute atomic E-state index is 0.391. The van der Waals surface area contributed by atoms with E-state index in [1.807, 2.05) is 0 Å². The molecule has 1 N–H and O–H groups in total. The molecule has 18 heavy (non-hydrogen) atoms. The van der Waals surface area contributed by atoms with Crippen molar-refractivity contribution in [3.63, 3.8) is 0 Å². The smallest absolute Gasteiger partial charge is 0.159 e. The van der Waals surface area contributed by atoms with Crippen molar-refractivity contribution in [1.29, 1.82) is 0 Å². The van der Waals surface area contributed by atoms with Crippen molar-refractivity contribution in [2.24, 2.45) is 5.92 Å². The van der Waals surface area contributed by atoms with Gasteiger partial charge in [-0.05, 0) is 49.4 Å². The highest BCUT2D eigenvalue weighted by Gasteiger charge is 2.24. The summed E-state index contributed by atoms with van der Waals surface area (Å²) in [4.78, 5) is 0. The van der Waals surface area contributed by atoms with E-state index in [1.54, 1.807) is 6.07 Å². The Morgan fingerprint density at radius 3 is 2.56 bits per heavy atom. The molecule has 2 rings (SSSR count). The third kappa shape index (κ3) is 3.29. The molecule has 1 nitrogen and oxygen atoms in total. The number of likely N-dealkylation sites (N-methyl/N-ethyl adjacent to an activating group) is 1. The zero-order chi connectivity index (χ0) is 13.0. The lowest BCUT2D eigenvalue weighted by atomic mass is 9.92. The van der Waals surface area contributed by atoms with Crippen LogP contribution in [-0.2, 0) is 6.42 Å². The van der Waals surface area contributed by atoms with Gasteiger partial charge in [0.2, 0.25) is 0 Å². The number of benzene rings is 1. The molecule has 0 bridgehead atoms. The van der Waals surface area contributed by atoms with Gasteiger partial charge in [-0.1, -0.05) is 25.8 Å². The molecule has 1 unspecified atom stereocenters. The highest BCUT2D eigenvalue weighted by atomic mass is 19.2. The van der Waals surface area contributed by atoms with Crippen molar-refractivity contribution in [2.45, 2.75) is 45.1 Å². The van der Waals surface area contributed by atoms with E-state index in [2.05, 4.69) is 12.2 Å². The average molecular weight is 253 g/mol. The molecule has 1 fully saturated rings. The first-order chi connectivity index (χ1) is 8.70. The van der Waals surface area contributed by atoms with Gasteiger partial charge in [0.1, 0.15) is 0 Å². The van der Waals surface area contributed by atoms with E-state index >= 15 is 0 Å². The van der Waals surface area contributed by atoms with Gasteiger partial charge in [-0.3, -0.25) is 0 Å². The van der Waals surface area contributed by atoms with E-state index < -0.39 is 11.6 Å². The quantitative estimate of drug-likeness (QED) is 0.844. The Morgan fingerprint density at radius 1 is 1.22 bits per heavy atom. The van der Waals surface area contributed by atoms with Crippen LogP contribution in [0.15, 0.2) is 18.2 Å². The summed E-state index contributed by atoms with van der Waals surface area (Å²) in [5.41, 5.74) is 0.881. The molecule has 0 radical (unpaired) electrons. The van der Waals surface area contributed by atoms with Crippen LogP contribution in [0.25, 0.3) is 0 Å². The third-order valence-corrected chi connectivity index (χ3v) is 3.87. The van der Waals surface area contributed by atoms with Gasteiger partial charge in [0.25, 0.3) is 0 Å². The van der Waals surface area contributed by atoms with Gasteiger partial charge in [0, 0.05) is 6.04 Å². The summed E-state index contributed by atoms with van der Waals surface area (Å²) in [5.74, 6) is -0.827. The van der Waals surface area contributed by atoms with Crippen LogP contribution < -0.4 is 5.32 Å². The fourth-order valence-corrected chi connectivity index (χ4v) is 2.95. The molecule has 3 heteroatoms. The summed E-state index contributed by atoms with van der Waals surface area (Å²) >= 11 is 0. The zero-order valence-electron chi connectivity index (χ0n) is 10.9. The topological polar surface area (TPSA) is 12.0 Å². The predicted molar refractivity (Wildman–Crippen MR) is 69.5 cm³/mol. The van der Waals surface area contributed by atoms with Gasteiger partial charge in [-0.25, -0.2) is 8.78 Å². The Balaban J connectivity index is 2.04. The third-order valence-electron chi connectivity index (χ3n) is 3.87. The van der Waals surface area contributed by atoms with E-state index in [4.69, 9.17) is 0 Å². The van der Waals surface area contributed by atoms with Gasteiger partial charge in [0.15, 0.2) is 11.6 Å². The number of halogens is 2. The highest BCUT2D eigenvalue weighted by Crippen LogP contribution is 2.29. The first-order valence-electron chi connectivity index (χ1n) is 6.88. The van der Waals surface area contributed by atoms with Crippen LogP contribution in [-0.4, -0.2) is 12.6 Å². The van der Waals surface area contributed by atoms with Gasteiger partial charge < -0.3 is 5.32 Å². The van der Waals surface area contributed by atoms with Gasteiger partial charge in [-0.2, -0.15) is 0 Å². The molecule has 1 saturated carbocycles. The first kappa shape index (κ1) is 13.5. The maximum atomic E-state index is 13.2. The number of rotatable bonds is 5. The van der Waals surface area contributed by atoms with E-state index in [9.17, 15) is 8.78 Å². The number of hydrogen-bond donors (Lipinski definition) is 1. The molecule has 1 atom stereocenters. The SMILES string of the molecule is CCNC(Cc1ccc(F)c(F)c1)C1CCCC1. The lowest BCUT2D eigenvalue weighted by Gasteiger charge is -2.24. The molecule has 0 aromatic heterocycles. The Kier molecular flexibility index (Phi) is 4.70. The van der Waals surface area contributed by atoms with Crippen LogP contribution >= 0.6 is 0 Å². The van der Waals surface area contributed by atoms with Crippen molar-refractivity contribution < 1.29 is 8.78 Å². The molecule has 1 aromatic carbocycles. The summed E-state index contributed by atoms with van der Waals surface area (Å²) in [5, 5.41) is 3.49. The van der Waals surface area contributed by atoms with Crippen molar-refractivity contribution in [2.75, 3.05) is 6.54 Å². The summed E-state index contributed by atoms with van der Waals surface area (Å²) in [6.45, 7) is 3.01. The molecule has 0 saturated heterocycles. The van der Waals surface area contributed by atoms with Crippen LogP contribution in [0.2, 0.25) is 0 Å². The zero-order valence-corrected chi connectivity index (χ0v) is 10.9. The number of hydrogen-bond acceptors (Lipinski definition) is 1. The Hall–Kier alpha value is -0.960. The minimum Gasteiger partial charge on any atom is -0.314 e. The van der Waals surface area contributed by atoms with Gasteiger partial charge in [0.05, 0.1) is 0 Å². The largest absolute Gasteiger partial charge is 0.314 e. The molecule has 0 spiro atoms. The highest BCUT2D eigenvalue weighted by molar-refractivity contribution is 5.19. The molecule has 100 valence electrons. The molecule has 0 amide bonds. The van der Waals surface area contributed by atoms with E-state index in [0.29, 0.717) is 12.0 Å². The summed E-state index contributed by atoms with van der Waals surface area (Å²) in [6, 6.07) is 4.64. The maximum absolute atomic E-state index is 13.2. The molecular weight excluding hydrogens is 232 g/mol. The van der Waals surface area contributed by atoms with E-state index in [-0.39, 0.29) is 0 Å². The molecule has 1 aliphatic carbocycles. The first-order valence-corrected chi connectivity index (χ1v) is 6.88. The van der Waals surface area contributed by atoms with Gasteiger partial charge in [-0.15, -0.1) is 0 Å². The lowest BCUT2D eigenvalue weighted by molar-refractivity contribution is 0.361. The maximum Gasteiger partial charge on any atom is 0.159 e. The minimum atomic E-state index is -0.764. The fraction of sp³-hybridized carbons (Fsp3) is 0.600. The Labute approximate surface area is 108 Å². The molecule has 1 aliphatic rings. The van der Waals surface area contributed by atoms with Crippen LogP contribution in [0, 0.1) is 17.6 Å². The summed E-state index contributed by atoms with van der Waals surface area (Å²) in [7, 11) is 0. The van der Waals surface area contributed by atoms with Crippen molar-refractivity contribution in [3.05, 3.63) is 35.4 Å². The molecule has 0 aliphatic heterocycles. The average Bonchev–Trinajstić information content (AvgIpc) is 2.87. The fourth-order valence-electron chi connectivity index (χ4n) is 2.95. The van der Waals surface area contributed by atoms with Crippen LogP contribution in [0.5, 0.6) is 0 Å². The predicted octanol–water partition coefficient (Wildman–Crippen LogP) is 3.68. The number of nitrogens with one attached hydrogen (secondary N) is 1. The lowest BCUT2D eigenvalue weighted by Crippen LogP contribution is -2.37. The Bertz CT molecular complexity index is 386.